The van der Waals surface area contributed by atoms with Crippen LogP contribution in [0.25, 0.3) is 0 Å². The Bertz CT molecular complexity index is 1970. The third-order valence-electron chi connectivity index (χ3n) is 18.1. The number of aliphatic hydroxyl groups is 2. The van der Waals surface area contributed by atoms with Crippen LogP contribution in [0.15, 0.2) is 72.3 Å². The molecule has 0 radical (unpaired) electrons. The predicted molar refractivity (Wildman–Crippen MR) is 217 cm³/mol. The van der Waals surface area contributed by atoms with Gasteiger partial charge in [-0.2, -0.15) is 0 Å². The molecule has 0 aromatic heterocycles. The van der Waals surface area contributed by atoms with Crippen LogP contribution in [0.5, 0.6) is 11.5 Å². The Hall–Kier alpha value is -3.42. The molecule has 6 saturated carbocycles. The van der Waals surface area contributed by atoms with Crippen LogP contribution in [0.1, 0.15) is 108 Å². The number of allylic oxidation sites excluding steroid dienone is 4. The Morgan fingerprint density at radius 1 is 0.839 bits per heavy atom. The second-order valence-electron chi connectivity index (χ2n) is 20.3. The fraction of sp³-hybridized carbons (Fsp3) is 0.633. The summed E-state index contributed by atoms with van der Waals surface area (Å²) < 4.78 is 11.1. The second kappa shape index (κ2) is 13.0. The van der Waals surface area contributed by atoms with Crippen LogP contribution < -0.4 is 9.47 Å². The van der Waals surface area contributed by atoms with Crippen LogP contribution in [0.2, 0.25) is 0 Å². The van der Waals surface area contributed by atoms with Crippen LogP contribution in [0.3, 0.4) is 0 Å². The normalized spacial score (nSPS) is 41.0. The minimum Gasteiger partial charge on any atom is -0.493 e. The molecule has 7 heteroatoms. The number of ether oxygens (including phenoxy) is 2. The third kappa shape index (κ3) is 5.20. The standard InChI is InChI=1S/C49H63NO6/c1-44(2)34-14-13-33(36(44)26-34)29-50(42(52)25-31-12-15-38(55-5)39(24-31)56-6)30-48(54)21-18-41-46(48,4)20-17-40-45(3)19-16-35(51)27-47(45)22-23-49(40,41)37(28-47)43(53)32-10-8-7-9-11-32/h7-12,15,22-24,28,33-36,40-41,51,54H,13-14,16-21,25-27,29-30H2,1-6H3. The van der Waals surface area contributed by atoms with Gasteiger partial charge < -0.3 is 24.6 Å². The number of fused-ring (bicyclic) bond motifs is 3. The summed E-state index contributed by atoms with van der Waals surface area (Å²) >= 11 is 0. The lowest BCUT2D eigenvalue weighted by Crippen LogP contribution is -2.67. The van der Waals surface area contributed by atoms with E-state index in [-0.39, 0.29) is 46.2 Å². The van der Waals surface area contributed by atoms with Crippen molar-refractivity contribution in [3.63, 3.8) is 0 Å². The number of rotatable bonds is 10. The molecule has 0 heterocycles. The highest BCUT2D eigenvalue weighted by atomic mass is 16.5. The van der Waals surface area contributed by atoms with Crippen LogP contribution in [0, 0.1) is 56.7 Å². The van der Waals surface area contributed by atoms with E-state index in [1.165, 1.54) is 12.8 Å². The highest BCUT2D eigenvalue weighted by Gasteiger charge is 2.74. The van der Waals surface area contributed by atoms with Gasteiger partial charge in [-0.05, 0) is 122 Å². The number of amides is 1. The SMILES string of the molecule is COc1ccc(CC(=O)N(CC2CCC3CC2C3(C)C)CC2(O)CCC3C45C=CC6(C=C4C(=O)c4ccccc4)CC(O)CCC6(C)C5CCC32C)cc1OC. The zero-order valence-electron chi connectivity index (χ0n) is 34.5. The maximum Gasteiger partial charge on any atom is 0.227 e. The van der Waals surface area contributed by atoms with E-state index in [1.54, 1.807) is 14.2 Å². The first-order valence-electron chi connectivity index (χ1n) is 21.6. The van der Waals surface area contributed by atoms with Gasteiger partial charge in [-0.15, -0.1) is 0 Å². The molecule has 11 rings (SSSR count). The molecule has 2 aromatic carbocycles. The van der Waals surface area contributed by atoms with E-state index in [4.69, 9.17) is 9.47 Å². The van der Waals surface area contributed by atoms with Gasteiger partial charge in [-0.1, -0.05) is 82.3 Å². The van der Waals surface area contributed by atoms with Crippen LogP contribution in [-0.4, -0.2) is 65.8 Å². The lowest BCUT2D eigenvalue weighted by Gasteiger charge is -2.71. The quantitative estimate of drug-likeness (QED) is 0.186. The molecule has 56 heavy (non-hydrogen) atoms. The first kappa shape index (κ1) is 38.1. The molecule has 9 aliphatic rings. The highest BCUT2D eigenvalue weighted by molar-refractivity contribution is 6.10. The van der Waals surface area contributed by atoms with E-state index in [9.17, 15) is 19.8 Å². The average molecular weight is 762 g/mol. The topological polar surface area (TPSA) is 96.3 Å². The molecule has 6 fully saturated rings. The summed E-state index contributed by atoms with van der Waals surface area (Å²) in [6, 6.07) is 15.4. The van der Waals surface area contributed by atoms with E-state index in [1.807, 2.05) is 53.4 Å². The smallest absolute Gasteiger partial charge is 0.227 e. The number of carbonyl (C=O) groups excluding carboxylic acids is 2. The summed E-state index contributed by atoms with van der Waals surface area (Å²) in [5.74, 6) is 3.34. The van der Waals surface area contributed by atoms with E-state index < -0.39 is 22.5 Å². The van der Waals surface area contributed by atoms with Crippen molar-refractivity contribution in [2.24, 2.45) is 56.7 Å². The summed E-state index contributed by atoms with van der Waals surface area (Å²) in [7, 11) is 3.24. The number of methoxy groups -OCH3 is 2. The molecule has 2 N–H and O–H groups in total. The molecule has 300 valence electrons. The first-order valence-corrected chi connectivity index (χ1v) is 21.6. The van der Waals surface area contributed by atoms with Gasteiger partial charge in [-0.3, -0.25) is 9.59 Å². The van der Waals surface area contributed by atoms with Crippen molar-refractivity contribution in [1.29, 1.82) is 0 Å². The maximum absolute atomic E-state index is 14.9. The zero-order valence-corrected chi connectivity index (χ0v) is 34.5. The van der Waals surface area contributed by atoms with Gasteiger partial charge in [0.25, 0.3) is 0 Å². The molecule has 2 spiro atoms. The molecule has 4 bridgehead atoms. The summed E-state index contributed by atoms with van der Waals surface area (Å²) in [4.78, 5) is 31.7. The van der Waals surface area contributed by atoms with Crippen molar-refractivity contribution in [2.75, 3.05) is 27.3 Å². The Kier molecular flexibility index (Phi) is 8.88. The fourth-order valence-corrected chi connectivity index (χ4v) is 14.7. The Morgan fingerprint density at radius 2 is 1.55 bits per heavy atom. The highest BCUT2D eigenvalue weighted by Crippen LogP contribution is 2.78. The van der Waals surface area contributed by atoms with Crippen LogP contribution in [-0.2, 0) is 11.2 Å². The number of carbonyl (C=O) groups is 2. The number of nitrogens with zero attached hydrogens (tertiary/aromatic N) is 1. The van der Waals surface area contributed by atoms with E-state index in [0.717, 1.165) is 55.6 Å². The summed E-state index contributed by atoms with van der Waals surface area (Å²) in [5, 5.41) is 24.5. The van der Waals surface area contributed by atoms with E-state index in [2.05, 4.69) is 45.9 Å². The van der Waals surface area contributed by atoms with Crippen molar-refractivity contribution in [2.45, 2.75) is 110 Å². The van der Waals surface area contributed by atoms with Gasteiger partial charge in [0.1, 0.15) is 0 Å². The summed E-state index contributed by atoms with van der Waals surface area (Å²) in [6.45, 7) is 10.5. The van der Waals surface area contributed by atoms with Crippen molar-refractivity contribution in [1.82, 2.24) is 4.90 Å². The first-order chi connectivity index (χ1) is 26.6. The monoisotopic (exact) mass is 761 g/mol. The molecule has 1 amide bonds. The molecular weight excluding hydrogens is 699 g/mol. The van der Waals surface area contributed by atoms with Crippen molar-refractivity contribution < 1.29 is 29.3 Å². The van der Waals surface area contributed by atoms with E-state index >= 15 is 0 Å². The van der Waals surface area contributed by atoms with Gasteiger partial charge >= 0.3 is 0 Å². The molecular formula is C49H63NO6. The zero-order chi connectivity index (χ0) is 39.5. The summed E-state index contributed by atoms with van der Waals surface area (Å²) in [5.41, 5.74) is 0.0550. The molecule has 11 unspecified atom stereocenters. The van der Waals surface area contributed by atoms with Crippen molar-refractivity contribution in [3.8, 4) is 11.5 Å². The van der Waals surface area contributed by atoms with Gasteiger partial charge in [0, 0.05) is 40.5 Å². The van der Waals surface area contributed by atoms with Crippen LogP contribution in [0.4, 0.5) is 0 Å². The number of benzene rings is 2. The minimum atomic E-state index is -1.12. The van der Waals surface area contributed by atoms with Gasteiger partial charge in [0.2, 0.25) is 5.91 Å². The van der Waals surface area contributed by atoms with Crippen LogP contribution >= 0.6 is 0 Å². The molecule has 11 atom stereocenters. The number of hydrogen-bond acceptors (Lipinski definition) is 6. The van der Waals surface area contributed by atoms with E-state index in [0.29, 0.717) is 54.8 Å². The summed E-state index contributed by atoms with van der Waals surface area (Å²) in [6.07, 6.45) is 15.9. The Labute approximate surface area is 333 Å². The van der Waals surface area contributed by atoms with Crippen molar-refractivity contribution >= 4 is 11.7 Å². The van der Waals surface area contributed by atoms with Gasteiger partial charge in [-0.25, -0.2) is 0 Å². The average Bonchev–Trinajstić information content (AvgIpc) is 3.47. The number of ketones is 1. The molecule has 7 nitrogen and oxygen atoms in total. The number of aliphatic hydroxyl groups excluding tert-OH is 1. The minimum absolute atomic E-state index is 0.0275. The molecule has 9 aliphatic carbocycles. The van der Waals surface area contributed by atoms with Gasteiger partial charge in [0.15, 0.2) is 17.3 Å². The number of hydrogen-bond donors (Lipinski definition) is 2. The molecule has 2 aromatic rings. The fourth-order valence-electron chi connectivity index (χ4n) is 14.7. The Balaban J connectivity index is 1.08. The number of Topliss-reactive ketones (excluding diaryl/α,β-unsaturated/α-hetero) is 1. The largest absolute Gasteiger partial charge is 0.493 e. The predicted octanol–water partition coefficient (Wildman–Crippen LogP) is 8.62. The second-order valence-corrected chi connectivity index (χ2v) is 20.3. The lowest BCUT2D eigenvalue weighted by atomic mass is 9.32. The third-order valence-corrected chi connectivity index (χ3v) is 18.1. The Morgan fingerprint density at radius 3 is 2.27 bits per heavy atom. The molecule has 0 aliphatic heterocycles. The maximum atomic E-state index is 14.9. The van der Waals surface area contributed by atoms with Crippen molar-refractivity contribution in [3.05, 3.63) is 83.5 Å². The molecule has 0 saturated heterocycles. The lowest BCUT2D eigenvalue weighted by molar-refractivity contribution is -0.180. The van der Waals surface area contributed by atoms with Gasteiger partial charge in [0.05, 0.1) is 32.3 Å².